The van der Waals surface area contributed by atoms with Crippen LogP contribution >= 0.6 is 0 Å². The molecule has 0 aromatic heterocycles. The predicted molar refractivity (Wildman–Crippen MR) is 113 cm³/mol. The number of methoxy groups -OCH3 is 1. The molecule has 0 bridgehead atoms. The zero-order valence-corrected chi connectivity index (χ0v) is 19.0. The summed E-state index contributed by atoms with van der Waals surface area (Å²) in [7, 11) is -2.70. The minimum absolute atomic E-state index is 0.0472. The highest BCUT2D eigenvalue weighted by Crippen LogP contribution is 2.32. The van der Waals surface area contributed by atoms with Gasteiger partial charge < -0.3 is 9.64 Å². The van der Waals surface area contributed by atoms with Crippen molar-refractivity contribution in [3.63, 3.8) is 0 Å². The zero-order valence-electron chi connectivity index (χ0n) is 18.2. The molecule has 2 atom stereocenters. The fraction of sp³-hybridized carbons (Fsp3) is 0.619. The van der Waals surface area contributed by atoms with E-state index in [2.05, 4.69) is 13.8 Å². The van der Waals surface area contributed by atoms with Crippen LogP contribution in [-0.4, -0.2) is 67.9 Å². The summed E-state index contributed by atoms with van der Waals surface area (Å²) in [6.45, 7) is 6.19. The van der Waals surface area contributed by atoms with Crippen LogP contribution in [-0.2, 0) is 14.8 Å². The number of likely N-dealkylation sites (tertiary alicyclic amines) is 1. The molecule has 0 saturated carbocycles. The Morgan fingerprint density at radius 1 is 1.13 bits per heavy atom. The van der Waals surface area contributed by atoms with Crippen LogP contribution in [0, 0.1) is 17.8 Å². The lowest BCUT2D eigenvalue weighted by atomic mass is 9.89. The second kappa shape index (κ2) is 9.54. The molecule has 9 nitrogen and oxygen atoms in total. The summed E-state index contributed by atoms with van der Waals surface area (Å²) in [5.74, 6) is -0.0678. The Bertz CT molecular complexity index is 917. The molecule has 2 unspecified atom stereocenters. The molecule has 2 aliphatic heterocycles. The van der Waals surface area contributed by atoms with E-state index in [-0.39, 0.29) is 41.1 Å². The summed E-state index contributed by atoms with van der Waals surface area (Å²) in [6.07, 6.45) is 1.98. The number of nitrogens with one attached hydrogen (secondary N) is 1. The van der Waals surface area contributed by atoms with Gasteiger partial charge in [-0.25, -0.2) is 13.9 Å². The van der Waals surface area contributed by atoms with E-state index in [9.17, 15) is 18.0 Å². The Labute approximate surface area is 183 Å². The quantitative estimate of drug-likeness (QED) is 0.518. The lowest BCUT2D eigenvalue weighted by Gasteiger charge is -2.39. The topological polar surface area (TPSA) is 116 Å². The van der Waals surface area contributed by atoms with Gasteiger partial charge >= 0.3 is 0 Å². The van der Waals surface area contributed by atoms with Crippen molar-refractivity contribution in [3.05, 3.63) is 23.8 Å². The van der Waals surface area contributed by atoms with Crippen LogP contribution in [0.2, 0.25) is 0 Å². The molecule has 2 aliphatic rings. The molecule has 0 radical (unpaired) electrons. The minimum Gasteiger partial charge on any atom is -0.496 e. The molecule has 0 aliphatic carbocycles. The molecular formula is C21H31N3O6S. The number of hydrogen-bond acceptors (Lipinski definition) is 6. The van der Waals surface area contributed by atoms with Crippen molar-refractivity contribution in [1.82, 2.24) is 14.7 Å². The second-order valence-corrected chi connectivity index (χ2v) is 10.5. The number of rotatable bonds is 5. The summed E-state index contributed by atoms with van der Waals surface area (Å²) in [4.78, 5) is 26.8. The maximum absolute atomic E-state index is 13.3. The Morgan fingerprint density at radius 2 is 1.74 bits per heavy atom. The maximum Gasteiger partial charge on any atom is 0.279 e. The van der Waals surface area contributed by atoms with Crippen molar-refractivity contribution in [1.29, 1.82) is 0 Å². The lowest BCUT2D eigenvalue weighted by Crippen LogP contribution is -2.48. The van der Waals surface area contributed by atoms with Gasteiger partial charge in [0.1, 0.15) is 11.3 Å². The lowest BCUT2D eigenvalue weighted by molar-refractivity contribution is -0.139. The van der Waals surface area contributed by atoms with Crippen molar-refractivity contribution in [3.8, 4) is 5.75 Å². The van der Waals surface area contributed by atoms with Gasteiger partial charge in [-0.05, 0) is 43.2 Å². The van der Waals surface area contributed by atoms with Crippen LogP contribution < -0.4 is 10.2 Å². The molecule has 31 heavy (non-hydrogen) atoms. The third-order valence-electron chi connectivity index (χ3n) is 6.14. The van der Waals surface area contributed by atoms with E-state index >= 15 is 0 Å². The first-order valence-electron chi connectivity index (χ1n) is 10.6. The standard InChI is InChI=1S/C21H31N3O6S/c1-14-11-15(2)13-23(12-14)21(26)16-7-9-24(10-8-16)31(28,29)18-6-4-5-17(30-3)19(18)20(25)22-27/h4-6,14-16,27H,7-13H2,1-3H3,(H,22,25). The zero-order chi connectivity index (χ0) is 22.8. The number of hydroxylamine groups is 1. The van der Waals surface area contributed by atoms with Crippen LogP contribution in [0.15, 0.2) is 23.1 Å². The number of carbonyl (C=O) groups is 2. The Hall–Kier alpha value is -2.17. The van der Waals surface area contributed by atoms with Crippen LogP contribution in [0.1, 0.15) is 43.5 Å². The van der Waals surface area contributed by atoms with E-state index in [1.807, 2.05) is 4.90 Å². The largest absolute Gasteiger partial charge is 0.496 e. The third-order valence-corrected chi connectivity index (χ3v) is 8.08. The maximum atomic E-state index is 13.3. The number of ether oxygens (including phenoxy) is 1. The predicted octanol–water partition coefficient (Wildman–Crippen LogP) is 1.72. The fourth-order valence-electron chi connectivity index (χ4n) is 4.76. The molecule has 3 rings (SSSR count). The molecule has 2 N–H and O–H groups in total. The number of nitrogens with zero attached hydrogens (tertiary/aromatic N) is 2. The molecule has 2 fully saturated rings. The van der Waals surface area contributed by atoms with E-state index < -0.39 is 15.9 Å². The smallest absolute Gasteiger partial charge is 0.279 e. The first-order valence-corrected chi connectivity index (χ1v) is 12.0. The number of sulfonamides is 1. The monoisotopic (exact) mass is 453 g/mol. The highest BCUT2D eigenvalue weighted by molar-refractivity contribution is 7.89. The van der Waals surface area contributed by atoms with Crippen LogP contribution in [0.25, 0.3) is 0 Å². The van der Waals surface area contributed by atoms with Gasteiger partial charge in [0.25, 0.3) is 5.91 Å². The molecule has 2 heterocycles. The Balaban J connectivity index is 1.75. The van der Waals surface area contributed by atoms with E-state index in [1.165, 1.54) is 35.1 Å². The van der Waals surface area contributed by atoms with Gasteiger partial charge in [0, 0.05) is 32.1 Å². The normalized spacial score (nSPS) is 23.4. The second-order valence-electron chi connectivity index (χ2n) is 8.64. The van der Waals surface area contributed by atoms with Gasteiger partial charge in [-0.2, -0.15) is 4.31 Å². The Morgan fingerprint density at radius 3 is 2.29 bits per heavy atom. The van der Waals surface area contributed by atoms with Crippen molar-refractivity contribution >= 4 is 21.8 Å². The summed E-state index contributed by atoms with van der Waals surface area (Å²) in [5, 5.41) is 9.06. The van der Waals surface area contributed by atoms with Crippen LogP contribution in [0.4, 0.5) is 0 Å². The van der Waals surface area contributed by atoms with Gasteiger partial charge in [-0.1, -0.05) is 19.9 Å². The van der Waals surface area contributed by atoms with E-state index in [0.29, 0.717) is 24.7 Å². The number of piperidine rings is 2. The van der Waals surface area contributed by atoms with E-state index in [1.54, 1.807) is 0 Å². The summed E-state index contributed by atoms with van der Waals surface area (Å²) in [6, 6.07) is 4.25. The average Bonchev–Trinajstić information content (AvgIpc) is 2.76. The minimum atomic E-state index is -4.02. The number of benzene rings is 1. The molecule has 1 aromatic carbocycles. The highest BCUT2D eigenvalue weighted by atomic mass is 32.2. The average molecular weight is 454 g/mol. The summed E-state index contributed by atoms with van der Waals surface area (Å²) in [5.41, 5.74) is 1.24. The number of hydrogen-bond donors (Lipinski definition) is 2. The first kappa shape index (κ1) is 23.5. The van der Waals surface area contributed by atoms with E-state index in [4.69, 9.17) is 9.94 Å². The van der Waals surface area contributed by atoms with Gasteiger partial charge in [0.2, 0.25) is 15.9 Å². The molecule has 0 spiro atoms. The van der Waals surface area contributed by atoms with Crippen molar-refractivity contribution < 1.29 is 28.0 Å². The van der Waals surface area contributed by atoms with Crippen molar-refractivity contribution in [2.75, 3.05) is 33.3 Å². The molecule has 2 saturated heterocycles. The molecular weight excluding hydrogens is 422 g/mol. The van der Waals surface area contributed by atoms with Gasteiger partial charge in [0.05, 0.1) is 12.0 Å². The van der Waals surface area contributed by atoms with E-state index in [0.717, 1.165) is 19.5 Å². The molecule has 172 valence electrons. The number of amides is 2. The summed E-state index contributed by atoms with van der Waals surface area (Å²) < 4.78 is 33.0. The Kier molecular flexibility index (Phi) is 7.23. The van der Waals surface area contributed by atoms with Crippen molar-refractivity contribution in [2.24, 2.45) is 17.8 Å². The van der Waals surface area contributed by atoms with Crippen LogP contribution in [0.3, 0.4) is 0 Å². The van der Waals surface area contributed by atoms with Crippen molar-refractivity contribution in [2.45, 2.75) is 38.0 Å². The highest BCUT2D eigenvalue weighted by Gasteiger charge is 2.37. The molecule has 2 amide bonds. The van der Waals surface area contributed by atoms with Crippen LogP contribution in [0.5, 0.6) is 5.75 Å². The van der Waals surface area contributed by atoms with Gasteiger partial charge in [0.15, 0.2) is 0 Å². The summed E-state index contributed by atoms with van der Waals surface area (Å²) >= 11 is 0. The van der Waals surface area contributed by atoms with Gasteiger partial charge in [-0.15, -0.1) is 0 Å². The van der Waals surface area contributed by atoms with Gasteiger partial charge in [-0.3, -0.25) is 14.8 Å². The number of carbonyl (C=O) groups excluding carboxylic acids is 2. The molecule has 10 heteroatoms. The fourth-order valence-corrected chi connectivity index (χ4v) is 6.43. The first-order chi connectivity index (χ1) is 14.7. The SMILES string of the molecule is COc1cccc(S(=O)(=O)N2CCC(C(=O)N3CC(C)CC(C)C3)CC2)c1C(=O)NO. The third kappa shape index (κ3) is 4.86. The molecule has 1 aromatic rings.